The molecule has 0 radical (unpaired) electrons. The van der Waals surface area contributed by atoms with Crippen molar-refractivity contribution in [3.63, 3.8) is 0 Å². The predicted octanol–water partition coefficient (Wildman–Crippen LogP) is 3.27. The van der Waals surface area contributed by atoms with Gasteiger partial charge in [0.05, 0.1) is 23.7 Å². The van der Waals surface area contributed by atoms with Crippen molar-refractivity contribution in [3.05, 3.63) is 72.1 Å². The highest BCUT2D eigenvalue weighted by Gasteiger charge is 2.25. The van der Waals surface area contributed by atoms with Crippen LogP contribution < -0.4 is 15.4 Å². The number of carbonyl (C=O) groups excluding carboxylic acids is 2. The number of likely N-dealkylation sites (N-methyl/N-ethyl adjacent to an activating group) is 1. The average molecular weight is 544 g/mol. The summed E-state index contributed by atoms with van der Waals surface area (Å²) >= 11 is 0. The number of ether oxygens (including phenoxy) is 2. The molecular formula is C29H33N7O4. The Morgan fingerprint density at radius 1 is 1.10 bits per heavy atom. The molecule has 1 aliphatic rings. The van der Waals surface area contributed by atoms with Crippen LogP contribution in [0.15, 0.2) is 60.8 Å². The van der Waals surface area contributed by atoms with E-state index in [0.29, 0.717) is 42.7 Å². The van der Waals surface area contributed by atoms with E-state index >= 15 is 0 Å². The zero-order valence-electron chi connectivity index (χ0n) is 23.0. The molecule has 0 bridgehead atoms. The van der Waals surface area contributed by atoms with Gasteiger partial charge in [-0.1, -0.05) is 0 Å². The first-order valence-corrected chi connectivity index (χ1v) is 13.1. The van der Waals surface area contributed by atoms with Gasteiger partial charge in [0.15, 0.2) is 0 Å². The van der Waals surface area contributed by atoms with E-state index < -0.39 is 0 Å². The Hall–Kier alpha value is -4.48. The van der Waals surface area contributed by atoms with Gasteiger partial charge in [0, 0.05) is 63.3 Å². The summed E-state index contributed by atoms with van der Waals surface area (Å²) in [6.07, 6.45) is 1.55. The maximum absolute atomic E-state index is 13.1. The number of fused-ring (bicyclic) bond motifs is 1. The Labute approximate surface area is 232 Å². The molecule has 5 rings (SSSR count). The van der Waals surface area contributed by atoms with Crippen LogP contribution in [-0.2, 0) is 11.8 Å². The van der Waals surface area contributed by atoms with E-state index in [1.165, 1.54) is 6.20 Å². The summed E-state index contributed by atoms with van der Waals surface area (Å²) in [7, 11) is 7.48. The smallest absolute Gasteiger partial charge is 0.269 e. The van der Waals surface area contributed by atoms with Crippen molar-refractivity contribution in [2.24, 2.45) is 7.05 Å². The molecule has 2 N–H and O–H groups in total. The second-order valence-electron chi connectivity index (χ2n) is 9.91. The Morgan fingerprint density at radius 2 is 1.88 bits per heavy atom. The first kappa shape index (κ1) is 27.1. The van der Waals surface area contributed by atoms with Crippen molar-refractivity contribution in [2.45, 2.75) is 6.10 Å². The average Bonchev–Trinajstić information content (AvgIpc) is 3.26. The number of amides is 2. The third-order valence-corrected chi connectivity index (χ3v) is 6.66. The number of pyridine rings is 1. The number of rotatable bonds is 8. The predicted molar refractivity (Wildman–Crippen MR) is 152 cm³/mol. The van der Waals surface area contributed by atoms with Gasteiger partial charge in [-0.15, -0.1) is 0 Å². The van der Waals surface area contributed by atoms with Crippen molar-refractivity contribution in [1.29, 1.82) is 0 Å². The number of aromatic nitrogens is 3. The molecule has 0 spiro atoms. The number of anilines is 2. The summed E-state index contributed by atoms with van der Waals surface area (Å²) < 4.78 is 13.7. The van der Waals surface area contributed by atoms with Gasteiger partial charge in [-0.2, -0.15) is 0 Å². The van der Waals surface area contributed by atoms with E-state index in [9.17, 15) is 9.59 Å². The number of nitrogens with zero attached hydrogens (tertiary/aromatic N) is 5. The van der Waals surface area contributed by atoms with Gasteiger partial charge in [-0.3, -0.25) is 14.6 Å². The van der Waals surface area contributed by atoms with Gasteiger partial charge < -0.3 is 34.5 Å². The molecule has 0 saturated carbocycles. The Morgan fingerprint density at radius 3 is 2.62 bits per heavy atom. The van der Waals surface area contributed by atoms with Crippen molar-refractivity contribution in [1.82, 2.24) is 29.7 Å². The van der Waals surface area contributed by atoms with Gasteiger partial charge in [0.25, 0.3) is 11.8 Å². The van der Waals surface area contributed by atoms with Crippen LogP contribution >= 0.6 is 0 Å². The zero-order valence-corrected chi connectivity index (χ0v) is 23.0. The fraction of sp³-hybridized carbons (Fsp3) is 0.310. The van der Waals surface area contributed by atoms with Crippen LogP contribution in [0.4, 0.5) is 11.6 Å². The van der Waals surface area contributed by atoms with Gasteiger partial charge in [-0.05, 0) is 56.6 Å². The lowest BCUT2D eigenvalue weighted by Gasteiger charge is -2.34. The van der Waals surface area contributed by atoms with E-state index in [4.69, 9.17) is 14.5 Å². The van der Waals surface area contributed by atoms with Crippen LogP contribution in [-0.4, -0.2) is 89.6 Å². The van der Waals surface area contributed by atoms with Crippen molar-refractivity contribution >= 4 is 34.5 Å². The van der Waals surface area contributed by atoms with Crippen molar-refractivity contribution < 1.29 is 19.1 Å². The highest BCUT2D eigenvalue weighted by atomic mass is 16.5. The van der Waals surface area contributed by atoms with E-state index in [-0.39, 0.29) is 23.6 Å². The van der Waals surface area contributed by atoms with Crippen LogP contribution in [0.5, 0.6) is 11.5 Å². The molecule has 11 heteroatoms. The third kappa shape index (κ3) is 6.05. The third-order valence-electron chi connectivity index (χ3n) is 6.66. The molecule has 2 aromatic heterocycles. The lowest BCUT2D eigenvalue weighted by Crippen LogP contribution is -2.48. The number of hydrogen-bond acceptors (Lipinski definition) is 8. The van der Waals surface area contributed by atoms with Crippen molar-refractivity contribution in [3.8, 4) is 11.5 Å². The fourth-order valence-electron chi connectivity index (χ4n) is 4.65. The quantitative estimate of drug-likeness (QED) is 0.348. The molecule has 11 nitrogen and oxygen atoms in total. The maximum Gasteiger partial charge on any atom is 0.269 e. The normalized spacial score (nSPS) is 15.3. The molecule has 0 aliphatic carbocycles. The lowest BCUT2D eigenvalue weighted by molar-refractivity contribution is -0.0306. The van der Waals surface area contributed by atoms with E-state index in [2.05, 4.69) is 20.5 Å². The summed E-state index contributed by atoms with van der Waals surface area (Å²) in [5.41, 5.74) is 3.39. The molecule has 4 aromatic rings. The van der Waals surface area contributed by atoms with Crippen molar-refractivity contribution in [2.75, 3.05) is 52.7 Å². The molecule has 2 amide bonds. The first-order chi connectivity index (χ1) is 19.3. The van der Waals surface area contributed by atoms with E-state index in [1.807, 2.05) is 73.1 Å². The molecule has 40 heavy (non-hydrogen) atoms. The Kier molecular flexibility index (Phi) is 7.94. The number of carbonyl (C=O) groups is 2. The largest absolute Gasteiger partial charge is 0.457 e. The highest BCUT2D eigenvalue weighted by Crippen LogP contribution is 2.28. The topological polar surface area (TPSA) is 114 Å². The number of benzene rings is 2. The number of morpholine rings is 1. The molecule has 1 fully saturated rings. The standard InChI is InChI=1S/C29H33N7O4/c1-30-27(37)25-16-22(11-12-31-25)40-21-9-10-26-24(15-21)33-29(35(26)4)32-20-7-5-19(6-8-20)28(38)36-13-14-39-23(18-36)17-34(2)3/h5-12,15-16,23H,13-14,17-18H2,1-4H3,(H,30,37)(H,32,33)/t23-/m1/s1. The minimum Gasteiger partial charge on any atom is -0.457 e. The van der Waals surface area contributed by atoms with Gasteiger partial charge >= 0.3 is 0 Å². The second-order valence-corrected chi connectivity index (χ2v) is 9.91. The zero-order chi connectivity index (χ0) is 28.2. The van der Waals surface area contributed by atoms with Gasteiger partial charge in [0.1, 0.15) is 17.2 Å². The SMILES string of the molecule is CNC(=O)c1cc(Oc2ccc3c(c2)nc(Nc2ccc(C(=O)N4CCO[C@H](CN(C)C)C4)cc2)n3C)ccn1. The van der Waals surface area contributed by atoms with Crippen LogP contribution in [0, 0.1) is 0 Å². The number of imidazole rings is 1. The van der Waals surface area contributed by atoms with Crippen LogP contribution in [0.2, 0.25) is 0 Å². The summed E-state index contributed by atoms with van der Waals surface area (Å²) in [5.74, 6) is 1.46. The lowest BCUT2D eigenvalue weighted by atomic mass is 10.1. The molecule has 3 heterocycles. The molecule has 1 saturated heterocycles. The summed E-state index contributed by atoms with van der Waals surface area (Å²) in [6.45, 7) is 2.49. The summed E-state index contributed by atoms with van der Waals surface area (Å²) in [6, 6.07) is 16.3. The molecule has 1 aliphatic heterocycles. The van der Waals surface area contributed by atoms with Crippen LogP contribution in [0.3, 0.4) is 0 Å². The summed E-state index contributed by atoms with van der Waals surface area (Å²) in [4.78, 5) is 37.7. The number of aryl methyl sites for hydroxylation is 1. The van der Waals surface area contributed by atoms with Gasteiger partial charge in [-0.25, -0.2) is 4.98 Å². The summed E-state index contributed by atoms with van der Waals surface area (Å²) in [5, 5.41) is 5.89. The highest BCUT2D eigenvalue weighted by molar-refractivity contribution is 5.95. The minimum atomic E-state index is -0.284. The first-order valence-electron chi connectivity index (χ1n) is 13.1. The van der Waals surface area contributed by atoms with Gasteiger partial charge in [0.2, 0.25) is 5.95 Å². The Balaban J connectivity index is 1.27. The Bertz CT molecular complexity index is 1520. The molecular weight excluding hydrogens is 510 g/mol. The molecule has 208 valence electrons. The minimum absolute atomic E-state index is 0.00510. The van der Waals surface area contributed by atoms with E-state index in [1.54, 1.807) is 19.2 Å². The van der Waals surface area contributed by atoms with Crippen LogP contribution in [0.1, 0.15) is 20.8 Å². The maximum atomic E-state index is 13.1. The number of nitrogens with one attached hydrogen (secondary N) is 2. The fourth-order valence-corrected chi connectivity index (χ4v) is 4.65. The van der Waals surface area contributed by atoms with E-state index in [0.717, 1.165) is 23.3 Å². The molecule has 0 unspecified atom stereocenters. The molecule has 1 atom stereocenters. The second kappa shape index (κ2) is 11.7. The number of hydrogen-bond donors (Lipinski definition) is 2. The molecule has 2 aromatic carbocycles. The monoisotopic (exact) mass is 543 g/mol. The van der Waals surface area contributed by atoms with Crippen LogP contribution in [0.25, 0.3) is 11.0 Å².